The molecule has 0 aliphatic carbocycles. The summed E-state index contributed by atoms with van der Waals surface area (Å²) in [5.74, 6) is 1.65. The zero-order valence-corrected chi connectivity index (χ0v) is 68.3. The van der Waals surface area contributed by atoms with Crippen LogP contribution in [-0.2, 0) is 0 Å². The van der Waals surface area contributed by atoms with Gasteiger partial charge in [-0.3, -0.25) is 0 Å². The Morgan fingerprint density at radius 2 is 0.295 bits per heavy atom. The van der Waals surface area contributed by atoms with E-state index in [1.54, 1.807) is 0 Å². The average molecular weight is 1600 g/mol. The van der Waals surface area contributed by atoms with Crippen LogP contribution in [0.15, 0.2) is 437 Å². The molecular formula is C100H78Cl4O4Si4. The molecule has 0 saturated heterocycles. The van der Waals surface area contributed by atoms with Crippen molar-refractivity contribution in [2.45, 2.75) is 24.7 Å². The zero-order chi connectivity index (χ0) is 76.2. The second-order valence-corrected chi connectivity index (χ2v) is 42.8. The van der Waals surface area contributed by atoms with Gasteiger partial charge >= 0.3 is 33.3 Å². The molecule has 0 aromatic heterocycles. The monoisotopic (exact) mass is 1590 g/mol. The lowest BCUT2D eigenvalue weighted by Gasteiger charge is -2.34. The second kappa shape index (κ2) is 34.2. The standard InChI is InChI=1S/C100H78Cl4O4Si4/c101-93-71-75(61-67-97(93)105-109(79-37-13-1-14-38-79,80-39-15-2-16-40-80)81-41-17-3-18-42-81)91(76-62-68-98(94(102)72-76)106-110(82-43-19-4-20-44-82,83-45-21-5-22-46-83)84-47-23-6-24-48-84)65-66-92(77-63-69-99(95(103)73-77)107-111(85-49-25-7-26-50-85,86-51-27-8-28-52-86)87-53-29-9-30-54-87)78-64-70-100(96(104)74-78)108-112(88-55-31-10-32-56-88,89-57-33-11-34-58-89)90-59-35-12-36-60-90/h1-64,67-74,91-92H,65-66H2. The topological polar surface area (TPSA) is 36.9 Å². The van der Waals surface area contributed by atoms with Gasteiger partial charge in [0.2, 0.25) is 0 Å². The summed E-state index contributed by atoms with van der Waals surface area (Å²) in [6.07, 6.45) is 1.16. The maximum absolute atomic E-state index is 7.89. The third-order valence-corrected chi connectivity index (χ3v) is 38.4. The van der Waals surface area contributed by atoms with E-state index in [2.05, 4.69) is 364 Å². The smallest absolute Gasteiger partial charge is 0.346 e. The molecular weight excluding hydrogens is 1520 g/mol. The van der Waals surface area contributed by atoms with Gasteiger partial charge in [-0.25, -0.2) is 0 Å². The van der Waals surface area contributed by atoms with Gasteiger partial charge in [-0.15, -0.1) is 0 Å². The van der Waals surface area contributed by atoms with Crippen molar-refractivity contribution in [2.24, 2.45) is 0 Å². The Hall–Kier alpha value is -11.3. The number of rotatable bonds is 27. The van der Waals surface area contributed by atoms with Gasteiger partial charge in [0, 0.05) is 11.8 Å². The number of benzene rings is 16. The van der Waals surface area contributed by atoms with Crippen molar-refractivity contribution in [3.63, 3.8) is 0 Å². The van der Waals surface area contributed by atoms with Crippen molar-refractivity contribution < 1.29 is 17.7 Å². The SMILES string of the molecule is Clc1cc(C(CCC(c2ccc(O[Si](c3ccccc3)(c3ccccc3)c3ccccc3)c(Cl)c2)c2ccc(O[Si](c3ccccc3)(c3ccccc3)c3ccccc3)c(Cl)c2)c2ccc(O[Si](c3ccccc3)(c3ccccc3)c3ccccc3)c(Cl)c2)ccc1O[Si](c1ccccc1)(c1ccccc1)c1ccccc1. The highest BCUT2D eigenvalue weighted by Crippen LogP contribution is 2.44. The van der Waals surface area contributed by atoms with Gasteiger partial charge in [-0.05, 0) is 146 Å². The van der Waals surface area contributed by atoms with Gasteiger partial charge in [0.05, 0.1) is 20.1 Å². The molecule has 0 amide bonds. The van der Waals surface area contributed by atoms with Gasteiger partial charge in [-0.2, -0.15) is 0 Å². The lowest BCUT2D eigenvalue weighted by atomic mass is 9.81. The van der Waals surface area contributed by atoms with E-state index in [4.69, 9.17) is 64.1 Å². The fourth-order valence-corrected chi connectivity index (χ4v) is 32.6. The summed E-state index contributed by atoms with van der Waals surface area (Å²) in [4.78, 5) is 0. The normalized spacial score (nSPS) is 11.8. The highest BCUT2D eigenvalue weighted by atomic mass is 35.5. The van der Waals surface area contributed by atoms with Gasteiger partial charge < -0.3 is 17.7 Å². The summed E-state index contributed by atoms with van der Waals surface area (Å²) in [6.45, 7) is 0. The molecule has 0 aliphatic heterocycles. The van der Waals surface area contributed by atoms with Gasteiger partial charge in [-0.1, -0.05) is 435 Å². The first-order chi connectivity index (χ1) is 55.1. The number of hydrogen-bond donors (Lipinski definition) is 0. The third-order valence-electron chi connectivity index (χ3n) is 21.4. The summed E-state index contributed by atoms with van der Waals surface area (Å²) in [5, 5.41) is 14.9. The van der Waals surface area contributed by atoms with Gasteiger partial charge in [0.15, 0.2) is 0 Å². The zero-order valence-electron chi connectivity index (χ0n) is 61.3. The molecule has 0 saturated carbocycles. The third kappa shape index (κ3) is 15.1. The molecule has 16 aromatic rings. The van der Waals surface area contributed by atoms with Crippen LogP contribution in [-0.4, -0.2) is 33.3 Å². The summed E-state index contributed by atoms with van der Waals surface area (Å²) in [7, 11) is -13.3. The molecule has 546 valence electrons. The van der Waals surface area contributed by atoms with Crippen LogP contribution in [0.1, 0.15) is 46.9 Å². The first kappa shape index (κ1) is 74.8. The molecule has 0 aliphatic rings. The van der Waals surface area contributed by atoms with E-state index in [1.165, 1.54) is 0 Å². The lowest BCUT2D eigenvalue weighted by molar-refractivity contribution is 0.569. The maximum atomic E-state index is 7.89. The van der Waals surface area contributed by atoms with Crippen LogP contribution in [0.4, 0.5) is 0 Å². The minimum Gasteiger partial charge on any atom is -0.529 e. The van der Waals surface area contributed by atoms with Crippen molar-refractivity contribution in [1.82, 2.24) is 0 Å². The van der Waals surface area contributed by atoms with Gasteiger partial charge in [0.1, 0.15) is 23.0 Å². The van der Waals surface area contributed by atoms with E-state index in [9.17, 15) is 0 Å². The molecule has 0 atom stereocenters. The van der Waals surface area contributed by atoms with Crippen molar-refractivity contribution in [2.75, 3.05) is 0 Å². The Kier molecular flexibility index (Phi) is 22.8. The molecule has 0 heterocycles. The quantitative estimate of drug-likeness (QED) is 0.0380. The van der Waals surface area contributed by atoms with E-state index < -0.39 is 33.3 Å². The van der Waals surface area contributed by atoms with E-state index in [-0.39, 0.29) is 11.8 Å². The summed E-state index contributed by atoms with van der Waals surface area (Å²) >= 11 is 31.5. The largest absolute Gasteiger partial charge is 0.529 e. The van der Waals surface area contributed by atoms with E-state index >= 15 is 0 Å². The fraction of sp³-hybridized carbons (Fsp3) is 0.0400. The predicted octanol–water partition coefficient (Wildman–Crippen LogP) is 18.2. The van der Waals surface area contributed by atoms with Gasteiger partial charge in [0.25, 0.3) is 0 Å². The van der Waals surface area contributed by atoms with Crippen LogP contribution in [0.25, 0.3) is 0 Å². The molecule has 16 aromatic carbocycles. The molecule has 0 spiro atoms. The Bertz CT molecular complexity index is 4660. The predicted molar refractivity (Wildman–Crippen MR) is 477 cm³/mol. The number of hydrogen-bond acceptors (Lipinski definition) is 4. The van der Waals surface area contributed by atoms with Crippen molar-refractivity contribution >= 4 is 142 Å². The van der Waals surface area contributed by atoms with Crippen LogP contribution in [0.5, 0.6) is 23.0 Å². The Morgan fingerprint density at radius 1 is 0.170 bits per heavy atom. The summed E-state index contributed by atoms with van der Waals surface area (Å²) in [6, 6.07) is 152. The maximum Gasteiger partial charge on any atom is 0.346 e. The van der Waals surface area contributed by atoms with E-state index in [1.807, 2.05) is 72.8 Å². The minimum atomic E-state index is -3.31. The molecule has 16 rings (SSSR count). The van der Waals surface area contributed by atoms with E-state index in [0.717, 1.165) is 84.5 Å². The van der Waals surface area contributed by atoms with Crippen molar-refractivity contribution in [3.8, 4) is 23.0 Å². The molecule has 12 heteroatoms. The van der Waals surface area contributed by atoms with Crippen molar-refractivity contribution in [1.29, 1.82) is 0 Å². The average Bonchev–Trinajstić information content (AvgIpc) is 0.764. The Balaban J connectivity index is 0.847. The summed E-state index contributed by atoms with van der Waals surface area (Å²) in [5.41, 5.74) is 3.85. The second-order valence-electron chi connectivity index (χ2n) is 28.0. The van der Waals surface area contributed by atoms with E-state index in [0.29, 0.717) is 55.9 Å². The van der Waals surface area contributed by atoms with Crippen molar-refractivity contribution in [3.05, 3.63) is 479 Å². The molecule has 0 N–H and O–H groups in total. The molecule has 0 unspecified atom stereocenters. The highest BCUT2D eigenvalue weighted by molar-refractivity contribution is 7.09. The molecule has 0 bridgehead atoms. The molecule has 0 radical (unpaired) electrons. The Labute approximate surface area is 680 Å². The highest BCUT2D eigenvalue weighted by Gasteiger charge is 2.49. The number of halogens is 4. The van der Waals surface area contributed by atoms with Crippen LogP contribution in [0.3, 0.4) is 0 Å². The lowest BCUT2D eigenvalue weighted by Crippen LogP contribution is -2.71. The molecule has 112 heavy (non-hydrogen) atoms. The molecule has 4 nitrogen and oxygen atoms in total. The van der Waals surface area contributed by atoms with Crippen LogP contribution in [0.2, 0.25) is 20.1 Å². The minimum absolute atomic E-state index is 0.320. The first-order valence-corrected chi connectivity index (χ1v) is 46.9. The first-order valence-electron chi connectivity index (χ1n) is 37.7. The van der Waals surface area contributed by atoms with Crippen LogP contribution < -0.4 is 79.9 Å². The van der Waals surface area contributed by atoms with Crippen LogP contribution in [0, 0.1) is 0 Å². The summed E-state index contributed by atoms with van der Waals surface area (Å²) < 4.78 is 30.9. The Morgan fingerprint density at radius 3 is 0.411 bits per heavy atom. The van der Waals surface area contributed by atoms with Crippen LogP contribution >= 0.6 is 46.4 Å². The molecule has 0 fully saturated rings. The fourth-order valence-electron chi connectivity index (χ4n) is 16.1.